The van der Waals surface area contributed by atoms with Crippen molar-refractivity contribution in [1.29, 1.82) is 0 Å². The van der Waals surface area contributed by atoms with Crippen LogP contribution in [0.4, 0.5) is 17.1 Å². The molecule has 0 radical (unpaired) electrons. The number of ether oxygens (including phenoxy) is 2. The van der Waals surface area contributed by atoms with Gasteiger partial charge in [0.2, 0.25) is 12.3 Å². The predicted molar refractivity (Wildman–Crippen MR) is 196 cm³/mol. The number of methoxy groups -OCH3 is 1. The largest absolute Gasteiger partial charge is 0.493 e. The Hall–Kier alpha value is -5.65. The lowest BCUT2D eigenvalue weighted by molar-refractivity contribution is -0.116. The minimum Gasteiger partial charge on any atom is -0.493 e. The van der Waals surface area contributed by atoms with E-state index in [1.807, 2.05) is 104 Å². The number of Topliss-reactive ketones (excluding diaryl/α,β-unsaturated/α-hetero) is 1. The molecule has 0 saturated carbocycles. The number of aryl methyl sites for hydroxylation is 3. The SMILES string of the molecule is CC(=O)c1cc(-c2ccc(NC=O)cc2)cn1C.CCC1C=Nc2cc(OCCCC(=O)Nc3cc(C)n(C)c3)c(OC)cc2C(=O)N1CC. The molecular formula is C38H46N6O6. The van der Waals surface area contributed by atoms with Crippen molar-refractivity contribution in [1.82, 2.24) is 14.0 Å². The Balaban J connectivity index is 0.000000263. The van der Waals surface area contributed by atoms with Crippen molar-refractivity contribution in [2.75, 3.05) is 30.9 Å². The summed E-state index contributed by atoms with van der Waals surface area (Å²) in [7, 11) is 5.33. The highest BCUT2D eigenvalue weighted by molar-refractivity contribution is 6.03. The van der Waals surface area contributed by atoms with E-state index < -0.39 is 0 Å². The molecule has 0 spiro atoms. The average Bonchev–Trinajstić information content (AvgIpc) is 3.61. The fraction of sp³-hybridized carbons (Fsp3) is 0.342. The average molecular weight is 683 g/mol. The summed E-state index contributed by atoms with van der Waals surface area (Å²) < 4.78 is 15.1. The molecule has 3 heterocycles. The van der Waals surface area contributed by atoms with Crippen LogP contribution in [0.3, 0.4) is 0 Å². The van der Waals surface area contributed by atoms with Crippen LogP contribution in [0.1, 0.15) is 66.6 Å². The standard InChI is InChI=1S/C24H32N4O4.C14H14N2O2/c1-6-18-14-25-20-13-22(21(31-5)12-19(20)24(30)28(18)7-2)32-10-8-9-23(29)26-17-11-16(3)27(4)15-17;1-10(18)14-7-12(8-16(14)2)11-3-5-13(6-4-11)15-9-17/h11-15,18H,6-10H2,1-5H3,(H,26,29);3-9H,1-2H3,(H,15,17). The summed E-state index contributed by atoms with van der Waals surface area (Å²) in [6, 6.07) is 14.6. The molecule has 0 bridgehead atoms. The molecule has 12 heteroatoms. The Bertz CT molecular complexity index is 1840. The number of hydrogen-bond donors (Lipinski definition) is 2. The van der Waals surface area contributed by atoms with Gasteiger partial charge < -0.3 is 34.1 Å². The van der Waals surface area contributed by atoms with Gasteiger partial charge in [0.1, 0.15) is 0 Å². The molecule has 12 nitrogen and oxygen atoms in total. The lowest BCUT2D eigenvalue weighted by Gasteiger charge is -2.26. The van der Waals surface area contributed by atoms with Gasteiger partial charge in [-0.3, -0.25) is 24.2 Å². The Labute approximate surface area is 293 Å². The number of amides is 3. The van der Waals surface area contributed by atoms with E-state index >= 15 is 0 Å². The Kier molecular flexibility index (Phi) is 12.7. The van der Waals surface area contributed by atoms with Crippen molar-refractivity contribution in [3.63, 3.8) is 0 Å². The van der Waals surface area contributed by atoms with Crippen molar-refractivity contribution >= 4 is 47.3 Å². The van der Waals surface area contributed by atoms with E-state index in [4.69, 9.17) is 9.47 Å². The van der Waals surface area contributed by atoms with Gasteiger partial charge in [-0.2, -0.15) is 0 Å². The quantitative estimate of drug-likeness (QED) is 0.0932. The van der Waals surface area contributed by atoms with Crippen LogP contribution in [-0.4, -0.2) is 70.6 Å². The van der Waals surface area contributed by atoms with E-state index in [1.165, 1.54) is 0 Å². The maximum Gasteiger partial charge on any atom is 0.256 e. The maximum absolute atomic E-state index is 13.0. The van der Waals surface area contributed by atoms with Crippen LogP contribution in [-0.2, 0) is 23.7 Å². The molecule has 1 aliphatic rings. The highest BCUT2D eigenvalue weighted by Crippen LogP contribution is 2.37. The van der Waals surface area contributed by atoms with Crippen molar-refractivity contribution < 1.29 is 28.7 Å². The van der Waals surface area contributed by atoms with Crippen LogP contribution in [0.25, 0.3) is 11.1 Å². The smallest absolute Gasteiger partial charge is 0.256 e. The molecular weight excluding hydrogens is 636 g/mol. The van der Waals surface area contributed by atoms with Crippen LogP contribution in [0.5, 0.6) is 11.5 Å². The summed E-state index contributed by atoms with van der Waals surface area (Å²) in [5.74, 6) is 0.900. The molecule has 50 heavy (non-hydrogen) atoms. The zero-order valence-electron chi connectivity index (χ0n) is 29.8. The summed E-state index contributed by atoms with van der Waals surface area (Å²) in [5.41, 5.74) is 6.36. The van der Waals surface area contributed by atoms with Gasteiger partial charge in [0, 0.05) is 75.6 Å². The highest BCUT2D eigenvalue weighted by atomic mass is 16.5. The van der Waals surface area contributed by atoms with Gasteiger partial charge in [-0.05, 0) is 62.6 Å². The number of nitrogens with one attached hydrogen (secondary N) is 2. The molecule has 2 aromatic carbocycles. The molecule has 4 aromatic rings. The summed E-state index contributed by atoms with van der Waals surface area (Å²) in [5, 5.41) is 5.48. The molecule has 5 rings (SSSR count). The van der Waals surface area contributed by atoms with Gasteiger partial charge in [-0.15, -0.1) is 0 Å². The van der Waals surface area contributed by atoms with Crippen molar-refractivity contribution in [3.05, 3.63) is 77.9 Å². The van der Waals surface area contributed by atoms with Gasteiger partial charge >= 0.3 is 0 Å². The summed E-state index contributed by atoms with van der Waals surface area (Å²) in [6.07, 6.45) is 7.93. The minimum atomic E-state index is -0.0653. The monoisotopic (exact) mass is 682 g/mol. The molecule has 0 fully saturated rings. The van der Waals surface area contributed by atoms with Crippen LogP contribution in [0.2, 0.25) is 0 Å². The fourth-order valence-electron chi connectivity index (χ4n) is 5.64. The van der Waals surface area contributed by atoms with E-state index in [1.54, 1.807) is 26.2 Å². The number of ketones is 1. The molecule has 1 unspecified atom stereocenters. The summed E-state index contributed by atoms with van der Waals surface area (Å²) >= 11 is 0. The third-order valence-electron chi connectivity index (χ3n) is 8.47. The number of aliphatic imine (C=N–C) groups is 1. The number of anilines is 2. The molecule has 264 valence electrons. The zero-order valence-corrected chi connectivity index (χ0v) is 29.8. The first kappa shape index (κ1) is 37.2. The van der Waals surface area contributed by atoms with Crippen LogP contribution in [0, 0.1) is 6.92 Å². The molecule has 2 aromatic heterocycles. The fourth-order valence-corrected chi connectivity index (χ4v) is 5.64. The van der Waals surface area contributed by atoms with Gasteiger partial charge in [-0.1, -0.05) is 19.1 Å². The second-order valence-electron chi connectivity index (χ2n) is 12.0. The number of carbonyl (C=O) groups is 4. The first-order chi connectivity index (χ1) is 24.0. The van der Waals surface area contributed by atoms with Crippen LogP contribution >= 0.6 is 0 Å². The number of fused-ring (bicyclic) bond motifs is 1. The summed E-state index contributed by atoms with van der Waals surface area (Å²) in [6.45, 7) is 8.48. The van der Waals surface area contributed by atoms with Crippen molar-refractivity contribution in [2.24, 2.45) is 19.1 Å². The molecule has 2 N–H and O–H groups in total. The van der Waals surface area contributed by atoms with Gasteiger partial charge in [0.25, 0.3) is 5.91 Å². The molecule has 0 saturated heterocycles. The van der Waals surface area contributed by atoms with E-state index in [0.29, 0.717) is 60.8 Å². The Morgan fingerprint density at radius 3 is 2.28 bits per heavy atom. The van der Waals surface area contributed by atoms with E-state index in [2.05, 4.69) is 15.6 Å². The second-order valence-corrected chi connectivity index (χ2v) is 12.0. The molecule has 1 aliphatic heterocycles. The van der Waals surface area contributed by atoms with Crippen molar-refractivity contribution in [3.8, 4) is 22.6 Å². The van der Waals surface area contributed by atoms with Crippen LogP contribution in [0.15, 0.2) is 65.9 Å². The number of rotatable bonds is 13. The van der Waals surface area contributed by atoms with Gasteiger partial charge in [-0.25, -0.2) is 0 Å². The maximum atomic E-state index is 13.0. The van der Waals surface area contributed by atoms with E-state index in [-0.39, 0.29) is 23.6 Å². The predicted octanol–water partition coefficient (Wildman–Crippen LogP) is 6.56. The minimum absolute atomic E-state index is 0.0397. The number of hydrogen-bond acceptors (Lipinski definition) is 7. The normalized spacial score (nSPS) is 13.5. The Morgan fingerprint density at radius 2 is 1.70 bits per heavy atom. The number of benzene rings is 2. The third-order valence-corrected chi connectivity index (χ3v) is 8.47. The summed E-state index contributed by atoms with van der Waals surface area (Å²) in [4.78, 5) is 53.3. The van der Waals surface area contributed by atoms with E-state index in [0.717, 1.165) is 34.6 Å². The topological polar surface area (TPSA) is 136 Å². The lowest BCUT2D eigenvalue weighted by Crippen LogP contribution is -2.39. The number of aromatic nitrogens is 2. The molecule has 3 amide bonds. The highest BCUT2D eigenvalue weighted by Gasteiger charge is 2.27. The third kappa shape index (κ3) is 9.07. The van der Waals surface area contributed by atoms with Crippen LogP contribution < -0.4 is 20.1 Å². The molecule has 1 atom stereocenters. The van der Waals surface area contributed by atoms with Gasteiger partial charge in [0.05, 0.1) is 42.4 Å². The van der Waals surface area contributed by atoms with Crippen molar-refractivity contribution in [2.45, 2.75) is 53.0 Å². The number of carbonyl (C=O) groups excluding carboxylic acids is 4. The first-order valence-electron chi connectivity index (χ1n) is 16.6. The second kappa shape index (κ2) is 17.1. The lowest BCUT2D eigenvalue weighted by atomic mass is 10.1. The molecule has 0 aliphatic carbocycles. The van der Waals surface area contributed by atoms with E-state index in [9.17, 15) is 19.2 Å². The first-order valence-corrected chi connectivity index (χ1v) is 16.6. The Morgan fingerprint density at radius 1 is 0.960 bits per heavy atom. The number of nitrogens with zero attached hydrogens (tertiary/aromatic N) is 4. The van der Waals surface area contributed by atoms with Gasteiger partial charge in [0.15, 0.2) is 17.3 Å². The zero-order chi connectivity index (χ0) is 36.4.